The largest absolute Gasteiger partial charge is 0.481 e. The van der Waals surface area contributed by atoms with E-state index in [0.717, 1.165) is 0 Å². The normalized spacial score (nSPS) is 9.43. The third-order valence-electron chi connectivity index (χ3n) is 2.71. The first-order valence-corrected chi connectivity index (χ1v) is 7.86. The first kappa shape index (κ1) is 16.6. The Hall–Kier alpha value is -2.78. The first-order valence-electron chi connectivity index (χ1n) is 6.92. The molecule has 0 aliphatic carbocycles. The Bertz CT molecular complexity index is 730. The Morgan fingerprint density at radius 1 is 1.26 bits per heavy atom. The molecule has 23 heavy (non-hydrogen) atoms. The molecule has 1 heterocycles. The molecular weight excluding hydrogens is 312 g/mol. The molecule has 0 saturated heterocycles. The number of thiophene rings is 1. The number of nitrogens with one attached hydrogen (secondary N) is 2. The quantitative estimate of drug-likeness (QED) is 0.829. The van der Waals surface area contributed by atoms with Crippen LogP contribution in [0.25, 0.3) is 0 Å². The van der Waals surface area contributed by atoms with Crippen LogP contribution in [0.2, 0.25) is 0 Å². The summed E-state index contributed by atoms with van der Waals surface area (Å²) in [4.78, 5) is 22.6. The topological polar surface area (TPSA) is 67.4 Å². The molecule has 0 aliphatic rings. The van der Waals surface area contributed by atoms with E-state index in [0.29, 0.717) is 17.0 Å². The third kappa shape index (κ3) is 5.85. The Kier molecular flexibility index (Phi) is 6.21. The SMILES string of the molecule is CC(=O)Nc1cccc(OCC#CCNC(=O)c2ccsc2)c1. The zero-order valence-electron chi connectivity index (χ0n) is 12.6. The van der Waals surface area contributed by atoms with Crippen molar-refractivity contribution in [2.75, 3.05) is 18.5 Å². The highest BCUT2D eigenvalue weighted by atomic mass is 32.1. The van der Waals surface area contributed by atoms with Crippen LogP contribution >= 0.6 is 11.3 Å². The number of benzene rings is 1. The maximum Gasteiger partial charge on any atom is 0.252 e. The molecule has 0 saturated carbocycles. The van der Waals surface area contributed by atoms with Gasteiger partial charge in [0.2, 0.25) is 5.91 Å². The van der Waals surface area contributed by atoms with Crippen LogP contribution in [0.3, 0.4) is 0 Å². The number of hydrogen-bond acceptors (Lipinski definition) is 4. The summed E-state index contributed by atoms with van der Waals surface area (Å²) in [5.74, 6) is 5.99. The minimum Gasteiger partial charge on any atom is -0.481 e. The lowest BCUT2D eigenvalue weighted by atomic mass is 10.3. The van der Waals surface area contributed by atoms with Gasteiger partial charge in [-0.3, -0.25) is 9.59 Å². The van der Waals surface area contributed by atoms with Gasteiger partial charge in [0.1, 0.15) is 12.4 Å². The number of amides is 2. The van der Waals surface area contributed by atoms with Gasteiger partial charge in [0, 0.05) is 24.1 Å². The van der Waals surface area contributed by atoms with E-state index in [1.807, 2.05) is 5.38 Å². The number of carbonyl (C=O) groups excluding carboxylic acids is 2. The Morgan fingerprint density at radius 2 is 2.13 bits per heavy atom. The molecule has 0 aliphatic heterocycles. The van der Waals surface area contributed by atoms with Gasteiger partial charge in [-0.2, -0.15) is 11.3 Å². The highest BCUT2D eigenvalue weighted by Gasteiger charge is 2.02. The smallest absolute Gasteiger partial charge is 0.252 e. The predicted octanol–water partition coefficient (Wildman–Crippen LogP) is 2.52. The summed E-state index contributed by atoms with van der Waals surface area (Å²) in [6.07, 6.45) is 0. The van der Waals surface area contributed by atoms with E-state index in [-0.39, 0.29) is 25.0 Å². The van der Waals surface area contributed by atoms with Gasteiger partial charge in [-0.15, -0.1) is 0 Å². The highest BCUT2D eigenvalue weighted by molar-refractivity contribution is 7.08. The minimum atomic E-state index is -0.136. The van der Waals surface area contributed by atoms with Gasteiger partial charge in [-0.1, -0.05) is 17.9 Å². The van der Waals surface area contributed by atoms with Gasteiger partial charge in [-0.25, -0.2) is 0 Å². The van der Waals surface area contributed by atoms with Crippen molar-refractivity contribution in [3.63, 3.8) is 0 Å². The van der Waals surface area contributed by atoms with Crippen molar-refractivity contribution in [3.05, 3.63) is 46.7 Å². The summed E-state index contributed by atoms with van der Waals surface area (Å²) in [6, 6.07) is 8.83. The molecule has 0 spiro atoms. The van der Waals surface area contributed by atoms with Crippen molar-refractivity contribution < 1.29 is 14.3 Å². The van der Waals surface area contributed by atoms with Crippen molar-refractivity contribution in [1.82, 2.24) is 5.32 Å². The van der Waals surface area contributed by atoms with Crippen molar-refractivity contribution in [2.45, 2.75) is 6.92 Å². The molecule has 0 bridgehead atoms. The maximum atomic E-state index is 11.6. The fourth-order valence-corrected chi connectivity index (χ4v) is 2.36. The molecule has 2 rings (SSSR count). The van der Waals surface area contributed by atoms with Crippen molar-refractivity contribution >= 4 is 28.8 Å². The van der Waals surface area contributed by atoms with Crippen molar-refractivity contribution in [1.29, 1.82) is 0 Å². The van der Waals surface area contributed by atoms with Crippen LogP contribution in [0.1, 0.15) is 17.3 Å². The summed E-state index contributed by atoms with van der Waals surface area (Å²) in [5.41, 5.74) is 1.31. The van der Waals surface area contributed by atoms with Crippen LogP contribution in [0.4, 0.5) is 5.69 Å². The Labute approximate surface area is 138 Å². The highest BCUT2D eigenvalue weighted by Crippen LogP contribution is 2.16. The summed E-state index contributed by atoms with van der Waals surface area (Å²) >= 11 is 1.47. The van der Waals surface area contributed by atoms with E-state index in [1.54, 1.807) is 35.7 Å². The predicted molar refractivity (Wildman–Crippen MR) is 90.7 cm³/mol. The summed E-state index contributed by atoms with van der Waals surface area (Å²) < 4.78 is 5.47. The second-order valence-electron chi connectivity index (χ2n) is 4.55. The molecule has 0 fully saturated rings. The molecule has 0 atom stereocenters. The molecule has 2 aromatic rings. The van der Waals surface area contributed by atoms with Gasteiger partial charge in [-0.05, 0) is 23.6 Å². The van der Waals surface area contributed by atoms with Gasteiger partial charge < -0.3 is 15.4 Å². The van der Waals surface area contributed by atoms with Gasteiger partial charge in [0.05, 0.1) is 12.1 Å². The number of hydrogen-bond donors (Lipinski definition) is 2. The molecular formula is C17H16N2O3S. The lowest BCUT2D eigenvalue weighted by Gasteiger charge is -2.05. The summed E-state index contributed by atoms with van der Waals surface area (Å²) in [5, 5.41) is 9.02. The third-order valence-corrected chi connectivity index (χ3v) is 3.39. The zero-order chi connectivity index (χ0) is 16.5. The van der Waals surface area contributed by atoms with E-state index in [2.05, 4.69) is 22.5 Å². The molecule has 1 aromatic carbocycles. The van der Waals surface area contributed by atoms with E-state index in [4.69, 9.17) is 4.74 Å². The number of rotatable bonds is 5. The molecule has 6 heteroatoms. The lowest BCUT2D eigenvalue weighted by Crippen LogP contribution is -2.23. The van der Waals surface area contributed by atoms with E-state index in [1.165, 1.54) is 18.3 Å². The average Bonchev–Trinajstić information content (AvgIpc) is 3.04. The number of anilines is 1. The van der Waals surface area contributed by atoms with Crippen LogP contribution in [0.5, 0.6) is 5.75 Å². The molecule has 2 amide bonds. The van der Waals surface area contributed by atoms with Gasteiger partial charge in [0.15, 0.2) is 0 Å². The second kappa shape index (κ2) is 8.61. The fraction of sp³-hybridized carbons (Fsp3) is 0.176. The lowest BCUT2D eigenvalue weighted by molar-refractivity contribution is -0.114. The van der Waals surface area contributed by atoms with Crippen LogP contribution in [-0.4, -0.2) is 25.0 Å². The van der Waals surface area contributed by atoms with E-state index in [9.17, 15) is 9.59 Å². The standard InChI is InChI=1S/C17H16N2O3S/c1-13(20)19-15-5-4-6-16(11-15)22-9-3-2-8-18-17(21)14-7-10-23-12-14/h4-7,10-12H,8-9H2,1H3,(H,18,21)(H,19,20). The molecule has 118 valence electrons. The van der Waals surface area contributed by atoms with Crippen molar-refractivity contribution in [2.24, 2.45) is 0 Å². The molecule has 1 aromatic heterocycles. The van der Waals surface area contributed by atoms with Crippen LogP contribution in [0.15, 0.2) is 41.1 Å². The minimum absolute atomic E-state index is 0.135. The van der Waals surface area contributed by atoms with Gasteiger partial charge >= 0.3 is 0 Å². The van der Waals surface area contributed by atoms with Crippen LogP contribution in [0, 0.1) is 11.8 Å². The van der Waals surface area contributed by atoms with Crippen molar-refractivity contribution in [3.8, 4) is 17.6 Å². The average molecular weight is 328 g/mol. The van der Waals surface area contributed by atoms with Gasteiger partial charge in [0.25, 0.3) is 5.91 Å². The summed E-state index contributed by atoms with van der Waals surface area (Å²) in [6.45, 7) is 1.92. The molecule has 5 nitrogen and oxygen atoms in total. The van der Waals surface area contributed by atoms with E-state index >= 15 is 0 Å². The maximum absolute atomic E-state index is 11.6. The fourth-order valence-electron chi connectivity index (χ4n) is 1.72. The second-order valence-corrected chi connectivity index (χ2v) is 5.33. The summed E-state index contributed by atoms with van der Waals surface area (Å²) in [7, 11) is 0. The Morgan fingerprint density at radius 3 is 2.87 bits per heavy atom. The molecule has 2 N–H and O–H groups in total. The first-order chi connectivity index (χ1) is 11.1. The number of ether oxygens (including phenoxy) is 1. The van der Waals surface area contributed by atoms with E-state index < -0.39 is 0 Å². The van der Waals surface area contributed by atoms with Crippen LogP contribution in [-0.2, 0) is 4.79 Å². The molecule has 0 radical (unpaired) electrons. The number of carbonyl (C=O) groups is 2. The van der Waals surface area contributed by atoms with Crippen LogP contribution < -0.4 is 15.4 Å². The molecule has 0 unspecified atom stereocenters. The zero-order valence-corrected chi connectivity index (χ0v) is 13.4. The monoisotopic (exact) mass is 328 g/mol. The Balaban J connectivity index is 1.73.